The second-order valence-corrected chi connectivity index (χ2v) is 4.27. The third-order valence-electron chi connectivity index (χ3n) is 2.36. The van der Waals surface area contributed by atoms with Crippen LogP contribution < -0.4 is 5.32 Å². The monoisotopic (exact) mass is 247 g/mol. The highest BCUT2D eigenvalue weighted by molar-refractivity contribution is 5.92. The van der Waals surface area contributed by atoms with E-state index in [1.807, 2.05) is 13.8 Å². The van der Waals surface area contributed by atoms with Crippen LogP contribution in [-0.2, 0) is 0 Å². The van der Waals surface area contributed by atoms with E-state index in [1.165, 1.54) is 18.5 Å². The van der Waals surface area contributed by atoms with Crippen molar-refractivity contribution in [3.8, 4) is 5.69 Å². The lowest BCUT2D eigenvalue weighted by Gasteiger charge is -2.05. The van der Waals surface area contributed by atoms with Crippen LogP contribution in [0.1, 0.15) is 24.3 Å². The molecule has 0 bridgehead atoms. The average molecular weight is 247 g/mol. The molecule has 1 amide bonds. The summed E-state index contributed by atoms with van der Waals surface area (Å²) in [4.78, 5) is 15.7. The lowest BCUT2D eigenvalue weighted by Crippen LogP contribution is -2.30. The first-order chi connectivity index (χ1) is 8.56. The number of imidazole rings is 1. The molecule has 0 aliphatic rings. The highest BCUT2D eigenvalue weighted by Gasteiger charge is 2.10. The Kier molecular flexibility index (Phi) is 3.41. The number of amides is 1. The molecule has 18 heavy (non-hydrogen) atoms. The molecule has 1 heterocycles. The minimum absolute atomic E-state index is 0.0634. The molecule has 1 aromatic heterocycles. The summed E-state index contributed by atoms with van der Waals surface area (Å²) < 4.78 is 14.5. The number of benzene rings is 1. The average Bonchev–Trinajstić information content (AvgIpc) is 2.78. The molecule has 0 radical (unpaired) electrons. The van der Waals surface area contributed by atoms with Gasteiger partial charge < -0.3 is 9.88 Å². The van der Waals surface area contributed by atoms with Gasteiger partial charge >= 0.3 is 0 Å². The van der Waals surface area contributed by atoms with E-state index in [0.29, 0.717) is 5.69 Å². The van der Waals surface area contributed by atoms with Gasteiger partial charge in [-0.25, -0.2) is 9.37 Å². The molecule has 0 aliphatic heterocycles. The van der Waals surface area contributed by atoms with Gasteiger partial charge in [-0.05, 0) is 38.1 Å². The Balaban J connectivity index is 2.20. The van der Waals surface area contributed by atoms with Gasteiger partial charge in [-0.2, -0.15) is 0 Å². The molecule has 0 saturated carbocycles. The van der Waals surface area contributed by atoms with E-state index in [-0.39, 0.29) is 17.8 Å². The van der Waals surface area contributed by atoms with Crippen molar-refractivity contribution < 1.29 is 9.18 Å². The molecule has 1 aromatic carbocycles. The van der Waals surface area contributed by atoms with Crippen molar-refractivity contribution in [2.45, 2.75) is 19.9 Å². The predicted molar refractivity (Wildman–Crippen MR) is 66.1 cm³/mol. The fourth-order valence-electron chi connectivity index (χ4n) is 1.53. The summed E-state index contributed by atoms with van der Waals surface area (Å²) in [5.41, 5.74) is 1.10. The van der Waals surface area contributed by atoms with Crippen LogP contribution in [0.15, 0.2) is 36.8 Å². The standard InChI is InChI=1S/C13H14FN3O/c1-9(2)16-13(18)12-7-17(8-15-12)11-5-3-10(14)4-6-11/h3-9H,1-2H3,(H,16,18). The van der Waals surface area contributed by atoms with E-state index in [4.69, 9.17) is 0 Å². The van der Waals surface area contributed by atoms with Crippen LogP contribution in [0, 0.1) is 5.82 Å². The number of carbonyl (C=O) groups is 1. The Hall–Kier alpha value is -2.17. The van der Waals surface area contributed by atoms with Crippen LogP contribution in [0.5, 0.6) is 0 Å². The number of carbonyl (C=O) groups excluding carboxylic acids is 1. The van der Waals surface area contributed by atoms with E-state index in [0.717, 1.165) is 5.69 Å². The van der Waals surface area contributed by atoms with Crippen molar-refractivity contribution in [1.82, 2.24) is 14.9 Å². The van der Waals surface area contributed by atoms with Crippen LogP contribution in [0.3, 0.4) is 0 Å². The summed E-state index contributed by atoms with van der Waals surface area (Å²) in [6.45, 7) is 3.77. The topological polar surface area (TPSA) is 46.9 Å². The quantitative estimate of drug-likeness (QED) is 0.903. The molecule has 2 rings (SSSR count). The molecular weight excluding hydrogens is 233 g/mol. The lowest BCUT2D eigenvalue weighted by molar-refractivity contribution is 0.0938. The van der Waals surface area contributed by atoms with Gasteiger partial charge in [0.2, 0.25) is 0 Å². The van der Waals surface area contributed by atoms with Crippen molar-refractivity contribution in [3.63, 3.8) is 0 Å². The first-order valence-corrected chi connectivity index (χ1v) is 5.67. The molecule has 0 atom stereocenters. The fraction of sp³-hybridized carbons (Fsp3) is 0.231. The second-order valence-electron chi connectivity index (χ2n) is 4.27. The minimum Gasteiger partial charge on any atom is -0.348 e. The molecule has 94 valence electrons. The molecule has 0 spiro atoms. The van der Waals surface area contributed by atoms with Gasteiger partial charge in [-0.3, -0.25) is 4.79 Å². The molecule has 5 heteroatoms. The van der Waals surface area contributed by atoms with Crippen molar-refractivity contribution >= 4 is 5.91 Å². The van der Waals surface area contributed by atoms with Gasteiger partial charge in [0.05, 0.1) is 0 Å². The van der Waals surface area contributed by atoms with Crippen LogP contribution in [0.25, 0.3) is 5.69 Å². The maximum Gasteiger partial charge on any atom is 0.271 e. The predicted octanol–water partition coefficient (Wildman–Crippen LogP) is 2.15. The molecule has 0 aliphatic carbocycles. The van der Waals surface area contributed by atoms with E-state index in [1.54, 1.807) is 22.9 Å². The van der Waals surface area contributed by atoms with Crippen LogP contribution >= 0.6 is 0 Å². The van der Waals surface area contributed by atoms with Gasteiger partial charge in [0.25, 0.3) is 5.91 Å². The first kappa shape index (κ1) is 12.3. The number of hydrogen-bond donors (Lipinski definition) is 1. The zero-order chi connectivity index (χ0) is 13.1. The Morgan fingerprint density at radius 3 is 2.61 bits per heavy atom. The summed E-state index contributed by atoms with van der Waals surface area (Å²) in [6, 6.07) is 6.04. The van der Waals surface area contributed by atoms with Gasteiger partial charge in [-0.15, -0.1) is 0 Å². The zero-order valence-corrected chi connectivity index (χ0v) is 10.2. The zero-order valence-electron chi connectivity index (χ0n) is 10.2. The van der Waals surface area contributed by atoms with Crippen LogP contribution in [-0.4, -0.2) is 21.5 Å². The van der Waals surface area contributed by atoms with E-state index in [9.17, 15) is 9.18 Å². The first-order valence-electron chi connectivity index (χ1n) is 5.67. The van der Waals surface area contributed by atoms with E-state index >= 15 is 0 Å². The normalized spacial score (nSPS) is 10.7. The highest BCUT2D eigenvalue weighted by atomic mass is 19.1. The number of halogens is 1. The summed E-state index contributed by atoms with van der Waals surface area (Å²) in [5.74, 6) is -0.512. The van der Waals surface area contributed by atoms with Gasteiger partial charge in [-0.1, -0.05) is 0 Å². The van der Waals surface area contributed by atoms with E-state index < -0.39 is 0 Å². The number of aromatic nitrogens is 2. The molecule has 4 nitrogen and oxygen atoms in total. The second kappa shape index (κ2) is 5.00. The fourth-order valence-corrected chi connectivity index (χ4v) is 1.53. The van der Waals surface area contributed by atoms with Gasteiger partial charge in [0, 0.05) is 17.9 Å². The highest BCUT2D eigenvalue weighted by Crippen LogP contribution is 2.09. The molecule has 0 fully saturated rings. The number of hydrogen-bond acceptors (Lipinski definition) is 2. The number of nitrogens with one attached hydrogen (secondary N) is 1. The third kappa shape index (κ3) is 2.74. The molecule has 1 N–H and O–H groups in total. The Morgan fingerprint density at radius 1 is 1.33 bits per heavy atom. The van der Waals surface area contributed by atoms with Crippen LogP contribution in [0.4, 0.5) is 4.39 Å². The molecule has 0 saturated heterocycles. The Morgan fingerprint density at radius 2 is 2.00 bits per heavy atom. The lowest BCUT2D eigenvalue weighted by atomic mass is 10.3. The number of nitrogens with zero attached hydrogens (tertiary/aromatic N) is 2. The largest absolute Gasteiger partial charge is 0.348 e. The van der Waals surface area contributed by atoms with Crippen molar-refractivity contribution in [2.75, 3.05) is 0 Å². The number of rotatable bonds is 3. The summed E-state index contributed by atoms with van der Waals surface area (Å²) in [5, 5.41) is 2.76. The van der Waals surface area contributed by atoms with Crippen molar-refractivity contribution in [2.24, 2.45) is 0 Å². The Labute approximate surface area is 104 Å². The molecule has 0 unspecified atom stereocenters. The maximum absolute atomic E-state index is 12.8. The van der Waals surface area contributed by atoms with E-state index in [2.05, 4.69) is 10.3 Å². The van der Waals surface area contributed by atoms with Crippen molar-refractivity contribution in [3.05, 3.63) is 48.3 Å². The summed E-state index contributed by atoms with van der Waals surface area (Å²) >= 11 is 0. The smallest absolute Gasteiger partial charge is 0.271 e. The minimum atomic E-state index is -0.295. The SMILES string of the molecule is CC(C)NC(=O)c1cn(-c2ccc(F)cc2)cn1. The Bertz CT molecular complexity index is 546. The van der Waals surface area contributed by atoms with Crippen LogP contribution in [0.2, 0.25) is 0 Å². The van der Waals surface area contributed by atoms with Gasteiger partial charge in [0.1, 0.15) is 17.8 Å². The van der Waals surface area contributed by atoms with Crippen molar-refractivity contribution in [1.29, 1.82) is 0 Å². The third-order valence-corrected chi connectivity index (χ3v) is 2.36. The summed E-state index contributed by atoms with van der Waals surface area (Å²) in [6.07, 6.45) is 3.15. The van der Waals surface area contributed by atoms with Gasteiger partial charge in [0.15, 0.2) is 0 Å². The molecule has 2 aromatic rings. The maximum atomic E-state index is 12.8. The molecular formula is C13H14FN3O. The summed E-state index contributed by atoms with van der Waals surface area (Å²) in [7, 11) is 0.